The van der Waals surface area contributed by atoms with Gasteiger partial charge in [-0.3, -0.25) is 9.69 Å². The first kappa shape index (κ1) is 31.3. The summed E-state index contributed by atoms with van der Waals surface area (Å²) in [4.78, 5) is 26.6. The minimum atomic E-state index is -1.08. The molecule has 3 aromatic carbocycles. The van der Waals surface area contributed by atoms with Gasteiger partial charge in [0, 0.05) is 22.7 Å². The van der Waals surface area contributed by atoms with E-state index in [4.69, 9.17) is 27.9 Å². The molecule has 0 radical (unpaired) electrons. The highest BCUT2D eigenvalue weighted by Gasteiger charge is 2.38. The van der Waals surface area contributed by atoms with Gasteiger partial charge in [-0.25, -0.2) is 9.18 Å². The zero-order valence-electron chi connectivity index (χ0n) is 24.0. The number of amides is 1. The Morgan fingerprint density at radius 1 is 0.907 bits per heavy atom. The summed E-state index contributed by atoms with van der Waals surface area (Å²) in [6, 6.07) is 19.5. The molecule has 1 heterocycles. The minimum absolute atomic E-state index is 0.0790. The van der Waals surface area contributed by atoms with Gasteiger partial charge < -0.3 is 15.2 Å². The highest BCUT2D eigenvalue weighted by molar-refractivity contribution is 6.34. The summed E-state index contributed by atoms with van der Waals surface area (Å²) in [6.45, 7) is 3.13. The number of carbonyl (C=O) groups is 2. The molecule has 1 amide bonds. The summed E-state index contributed by atoms with van der Waals surface area (Å²) >= 11 is 12.3. The number of hydrogen-bond acceptors (Lipinski definition) is 4. The molecule has 1 atom stereocenters. The number of carboxylic acid groups (broad SMARTS) is 1. The molecule has 6 nitrogen and oxygen atoms in total. The fourth-order valence-corrected chi connectivity index (χ4v) is 6.05. The second-order valence-corrected chi connectivity index (χ2v) is 12.6. The number of halogens is 3. The lowest BCUT2D eigenvalue weighted by Gasteiger charge is -2.32. The first-order valence-corrected chi connectivity index (χ1v) is 15.7. The Labute approximate surface area is 262 Å². The molecular formula is C34H37Cl2FN2O4. The summed E-state index contributed by atoms with van der Waals surface area (Å²) in [7, 11) is 0. The molecule has 2 saturated carbocycles. The van der Waals surface area contributed by atoms with Crippen LogP contribution in [0.15, 0.2) is 66.7 Å². The van der Waals surface area contributed by atoms with Crippen LogP contribution in [0.2, 0.25) is 10.0 Å². The van der Waals surface area contributed by atoms with Gasteiger partial charge in [0.25, 0.3) is 5.91 Å². The fourth-order valence-electron chi connectivity index (χ4n) is 5.48. The lowest BCUT2D eigenvalue weighted by Crippen LogP contribution is -2.42. The number of ether oxygens (including phenoxy) is 1. The molecule has 2 aliphatic carbocycles. The van der Waals surface area contributed by atoms with E-state index in [0.717, 1.165) is 69.3 Å². The molecule has 3 aromatic rings. The van der Waals surface area contributed by atoms with E-state index >= 15 is 0 Å². The van der Waals surface area contributed by atoms with Crippen LogP contribution in [0.25, 0.3) is 0 Å². The largest absolute Gasteiger partial charge is 0.493 e. The molecule has 43 heavy (non-hydrogen) atoms. The monoisotopic (exact) mass is 626 g/mol. The Bertz CT molecular complexity index is 1360. The predicted octanol–water partition coefficient (Wildman–Crippen LogP) is 7.58. The maximum absolute atomic E-state index is 15.0. The van der Waals surface area contributed by atoms with Crippen molar-refractivity contribution >= 4 is 35.1 Å². The average molecular weight is 628 g/mol. The van der Waals surface area contributed by atoms with E-state index in [1.807, 2.05) is 48.5 Å². The third-order valence-corrected chi connectivity index (χ3v) is 8.62. The van der Waals surface area contributed by atoms with E-state index in [9.17, 15) is 19.1 Å². The summed E-state index contributed by atoms with van der Waals surface area (Å²) in [5.74, 6) is -1.44. The third-order valence-electron chi connectivity index (χ3n) is 8.18. The van der Waals surface area contributed by atoms with E-state index in [2.05, 4.69) is 10.2 Å². The first-order valence-electron chi connectivity index (χ1n) is 14.9. The SMILES string of the molecule is O=C(NC(C(=O)O)C1CC1)c1cc(C2CC2)c(OCC2CCN(Cc3cc(Cl)cc(Cl)c3)CC2)cc1F.c1ccccc1. The summed E-state index contributed by atoms with van der Waals surface area (Å²) < 4.78 is 21.1. The van der Waals surface area contributed by atoms with Gasteiger partial charge in [0.2, 0.25) is 0 Å². The van der Waals surface area contributed by atoms with Crippen LogP contribution in [-0.2, 0) is 11.3 Å². The van der Waals surface area contributed by atoms with Crippen LogP contribution in [0.4, 0.5) is 4.39 Å². The van der Waals surface area contributed by atoms with Crippen LogP contribution in [0.3, 0.4) is 0 Å². The maximum Gasteiger partial charge on any atom is 0.326 e. The second-order valence-electron chi connectivity index (χ2n) is 11.7. The number of carboxylic acids is 1. The van der Waals surface area contributed by atoms with Crippen molar-refractivity contribution in [2.75, 3.05) is 19.7 Å². The number of nitrogens with zero attached hydrogens (tertiary/aromatic N) is 1. The lowest BCUT2D eigenvalue weighted by molar-refractivity contribution is -0.139. The van der Waals surface area contributed by atoms with Crippen LogP contribution in [0.5, 0.6) is 5.75 Å². The minimum Gasteiger partial charge on any atom is -0.493 e. The van der Waals surface area contributed by atoms with Gasteiger partial charge in [0.05, 0.1) is 12.2 Å². The van der Waals surface area contributed by atoms with E-state index < -0.39 is 23.7 Å². The normalized spacial score (nSPS) is 17.8. The van der Waals surface area contributed by atoms with Gasteiger partial charge in [0.15, 0.2) is 0 Å². The maximum atomic E-state index is 15.0. The average Bonchev–Trinajstić information content (AvgIpc) is 3.91. The summed E-state index contributed by atoms with van der Waals surface area (Å²) in [6.07, 6.45) is 5.38. The van der Waals surface area contributed by atoms with Crippen molar-refractivity contribution in [1.29, 1.82) is 0 Å². The number of carbonyl (C=O) groups excluding carboxylic acids is 1. The van der Waals surface area contributed by atoms with Crippen molar-refractivity contribution < 1.29 is 23.8 Å². The van der Waals surface area contributed by atoms with Gasteiger partial charge in [-0.2, -0.15) is 0 Å². The quantitative estimate of drug-likeness (QED) is 0.242. The molecule has 6 rings (SSSR count). The first-order chi connectivity index (χ1) is 20.8. The van der Waals surface area contributed by atoms with E-state index in [0.29, 0.717) is 28.3 Å². The summed E-state index contributed by atoms with van der Waals surface area (Å²) in [5.41, 5.74) is 1.81. The van der Waals surface area contributed by atoms with Gasteiger partial charge in [0.1, 0.15) is 17.6 Å². The number of likely N-dealkylation sites (tertiary alicyclic amines) is 1. The van der Waals surface area contributed by atoms with Crippen molar-refractivity contribution in [2.45, 2.75) is 57.0 Å². The smallest absolute Gasteiger partial charge is 0.326 e. The molecule has 0 aromatic heterocycles. The van der Waals surface area contributed by atoms with Crippen molar-refractivity contribution in [2.24, 2.45) is 11.8 Å². The van der Waals surface area contributed by atoms with Crippen molar-refractivity contribution in [3.05, 3.63) is 99.3 Å². The third kappa shape index (κ3) is 9.18. The van der Waals surface area contributed by atoms with Crippen LogP contribution < -0.4 is 10.1 Å². The molecular weight excluding hydrogens is 590 g/mol. The summed E-state index contributed by atoms with van der Waals surface area (Å²) in [5, 5.41) is 13.2. The second kappa shape index (κ2) is 14.6. The number of benzene rings is 3. The van der Waals surface area contributed by atoms with Gasteiger partial charge >= 0.3 is 5.97 Å². The molecule has 228 valence electrons. The Morgan fingerprint density at radius 3 is 2.05 bits per heavy atom. The Morgan fingerprint density at radius 2 is 1.51 bits per heavy atom. The van der Waals surface area contributed by atoms with E-state index in [-0.39, 0.29) is 17.4 Å². The van der Waals surface area contributed by atoms with Crippen molar-refractivity contribution in [3.63, 3.8) is 0 Å². The molecule has 1 saturated heterocycles. The molecule has 0 spiro atoms. The molecule has 3 aliphatic rings. The predicted molar refractivity (Wildman–Crippen MR) is 166 cm³/mol. The van der Waals surface area contributed by atoms with E-state index in [1.54, 1.807) is 12.1 Å². The van der Waals surface area contributed by atoms with Crippen LogP contribution in [-0.4, -0.2) is 47.6 Å². The number of aliphatic carboxylic acids is 1. The number of rotatable bonds is 10. The zero-order chi connectivity index (χ0) is 30.3. The lowest BCUT2D eigenvalue weighted by atomic mass is 9.97. The Balaban J connectivity index is 0.000000548. The molecule has 0 bridgehead atoms. The van der Waals surface area contributed by atoms with Crippen molar-refractivity contribution in [3.8, 4) is 5.75 Å². The molecule has 1 unspecified atom stereocenters. The van der Waals surface area contributed by atoms with Crippen molar-refractivity contribution in [1.82, 2.24) is 10.2 Å². The Hall–Kier alpha value is -3.13. The molecule has 3 fully saturated rings. The zero-order valence-corrected chi connectivity index (χ0v) is 25.5. The van der Waals surface area contributed by atoms with Gasteiger partial charge in [-0.15, -0.1) is 0 Å². The topological polar surface area (TPSA) is 78.9 Å². The number of piperidine rings is 1. The standard InChI is InChI=1S/C28H31Cl2FN2O4.C6H6/c29-20-9-17(10-21(30)11-20)14-33-7-5-16(6-8-33)15-37-25-13-24(31)23(12-22(25)18-1-2-18)27(34)32-26(28(35)36)19-3-4-19;1-2-4-6-5-3-1/h9-13,16,18-19,26H,1-8,14-15H2,(H,32,34)(H,35,36);1-6H. The van der Waals surface area contributed by atoms with E-state index in [1.165, 1.54) is 6.07 Å². The highest BCUT2D eigenvalue weighted by atomic mass is 35.5. The highest BCUT2D eigenvalue weighted by Crippen LogP contribution is 2.45. The van der Waals surface area contributed by atoms with Crippen LogP contribution in [0.1, 0.15) is 65.9 Å². The number of nitrogens with one attached hydrogen (secondary N) is 1. The molecule has 9 heteroatoms. The van der Waals surface area contributed by atoms with Crippen LogP contribution >= 0.6 is 23.2 Å². The van der Waals surface area contributed by atoms with Gasteiger partial charge in [-0.05, 0) is 105 Å². The number of hydrogen-bond donors (Lipinski definition) is 2. The molecule has 1 aliphatic heterocycles. The van der Waals surface area contributed by atoms with Crippen LogP contribution in [0, 0.1) is 17.7 Å². The Kier molecular flexibility index (Phi) is 10.6. The van der Waals surface area contributed by atoms with Gasteiger partial charge in [-0.1, -0.05) is 59.6 Å². The fraction of sp³-hybridized carbons (Fsp3) is 0.412. The molecule has 2 N–H and O–H groups in total.